The van der Waals surface area contributed by atoms with Crippen molar-refractivity contribution in [2.45, 2.75) is 38.6 Å². The fourth-order valence-electron chi connectivity index (χ4n) is 3.55. The van der Waals surface area contributed by atoms with E-state index in [4.69, 9.17) is 9.72 Å². The zero-order valence-electron chi connectivity index (χ0n) is 15.6. The van der Waals surface area contributed by atoms with Crippen LogP contribution in [0.25, 0.3) is 10.2 Å². The average Bonchev–Trinajstić information content (AvgIpc) is 3.33. The van der Waals surface area contributed by atoms with Crippen molar-refractivity contribution < 1.29 is 9.53 Å². The zero-order valence-corrected chi connectivity index (χ0v) is 16.4. The van der Waals surface area contributed by atoms with Crippen LogP contribution < -0.4 is 4.74 Å². The Bertz CT molecular complexity index is 886. The van der Waals surface area contributed by atoms with Crippen molar-refractivity contribution in [1.82, 2.24) is 9.88 Å². The third-order valence-corrected chi connectivity index (χ3v) is 6.13. The van der Waals surface area contributed by atoms with Crippen LogP contribution in [0.1, 0.15) is 42.3 Å². The van der Waals surface area contributed by atoms with Gasteiger partial charge in [0.05, 0.1) is 22.9 Å². The molecule has 1 atom stereocenters. The summed E-state index contributed by atoms with van der Waals surface area (Å²) in [5, 5.41) is 1.07. The molecule has 1 amide bonds. The number of para-hydroxylation sites is 1. The van der Waals surface area contributed by atoms with Crippen LogP contribution in [-0.2, 0) is 4.79 Å². The molecule has 1 saturated heterocycles. The van der Waals surface area contributed by atoms with Crippen LogP contribution in [0, 0.1) is 6.92 Å². The van der Waals surface area contributed by atoms with Crippen molar-refractivity contribution in [1.29, 1.82) is 0 Å². The Kier molecular flexibility index (Phi) is 5.39. The molecule has 0 radical (unpaired) electrons. The molecule has 27 heavy (non-hydrogen) atoms. The molecule has 4 nitrogen and oxygen atoms in total. The summed E-state index contributed by atoms with van der Waals surface area (Å²) in [5.41, 5.74) is 2.25. The summed E-state index contributed by atoms with van der Waals surface area (Å²) in [7, 11) is 0. The normalized spacial score (nSPS) is 16.8. The molecule has 0 spiro atoms. The molecule has 1 aliphatic heterocycles. The van der Waals surface area contributed by atoms with Crippen molar-refractivity contribution in [3.63, 3.8) is 0 Å². The van der Waals surface area contributed by atoms with E-state index in [0.29, 0.717) is 13.0 Å². The van der Waals surface area contributed by atoms with E-state index in [1.807, 2.05) is 47.4 Å². The van der Waals surface area contributed by atoms with Gasteiger partial charge in [0.2, 0.25) is 5.91 Å². The smallest absolute Gasteiger partial charge is 0.223 e. The molecule has 0 bridgehead atoms. The highest BCUT2D eigenvalue weighted by Gasteiger charge is 2.31. The van der Waals surface area contributed by atoms with Crippen molar-refractivity contribution in [2.24, 2.45) is 0 Å². The number of benzene rings is 2. The fourth-order valence-corrected chi connectivity index (χ4v) is 4.66. The lowest BCUT2D eigenvalue weighted by molar-refractivity contribution is -0.132. The first-order valence-electron chi connectivity index (χ1n) is 9.55. The van der Waals surface area contributed by atoms with Gasteiger partial charge in [0.15, 0.2) is 0 Å². The number of amides is 1. The molecule has 3 aromatic rings. The zero-order chi connectivity index (χ0) is 18.6. The number of nitrogens with zero attached hydrogens (tertiary/aromatic N) is 2. The van der Waals surface area contributed by atoms with Gasteiger partial charge in [-0.3, -0.25) is 4.79 Å². The summed E-state index contributed by atoms with van der Waals surface area (Å²) in [4.78, 5) is 19.5. The quantitative estimate of drug-likeness (QED) is 0.557. The molecule has 1 aliphatic rings. The van der Waals surface area contributed by atoms with Gasteiger partial charge in [-0.05, 0) is 50.5 Å². The Morgan fingerprint density at radius 1 is 1.22 bits per heavy atom. The third-order valence-electron chi connectivity index (χ3n) is 4.99. The van der Waals surface area contributed by atoms with E-state index in [1.165, 1.54) is 10.3 Å². The molecular weight excluding hydrogens is 356 g/mol. The van der Waals surface area contributed by atoms with E-state index >= 15 is 0 Å². The molecule has 4 rings (SSSR count). The Morgan fingerprint density at radius 2 is 2.04 bits per heavy atom. The maximum atomic E-state index is 12.7. The first kappa shape index (κ1) is 18.0. The molecule has 0 unspecified atom stereocenters. The van der Waals surface area contributed by atoms with Gasteiger partial charge in [0.25, 0.3) is 0 Å². The van der Waals surface area contributed by atoms with Crippen LogP contribution in [0.4, 0.5) is 0 Å². The van der Waals surface area contributed by atoms with Crippen molar-refractivity contribution >= 4 is 27.5 Å². The number of carbonyl (C=O) groups is 1. The van der Waals surface area contributed by atoms with Gasteiger partial charge in [-0.25, -0.2) is 4.98 Å². The van der Waals surface area contributed by atoms with Crippen LogP contribution in [0.15, 0.2) is 48.5 Å². The fraction of sp³-hybridized carbons (Fsp3) is 0.364. The van der Waals surface area contributed by atoms with Gasteiger partial charge in [0.1, 0.15) is 10.8 Å². The first-order chi connectivity index (χ1) is 13.2. The maximum Gasteiger partial charge on any atom is 0.223 e. The third kappa shape index (κ3) is 4.14. The van der Waals surface area contributed by atoms with Crippen LogP contribution in [-0.4, -0.2) is 28.9 Å². The van der Waals surface area contributed by atoms with E-state index in [0.717, 1.165) is 42.1 Å². The van der Waals surface area contributed by atoms with Crippen LogP contribution in [0.3, 0.4) is 0 Å². The molecule has 140 valence electrons. The van der Waals surface area contributed by atoms with Crippen molar-refractivity contribution in [2.75, 3.05) is 13.2 Å². The minimum atomic E-state index is 0.132. The second kappa shape index (κ2) is 8.09. The largest absolute Gasteiger partial charge is 0.494 e. The number of carbonyl (C=O) groups excluding carboxylic acids is 1. The molecule has 2 heterocycles. The predicted octanol–water partition coefficient (Wildman–Crippen LogP) is 5.13. The van der Waals surface area contributed by atoms with Crippen LogP contribution >= 0.6 is 11.3 Å². The van der Waals surface area contributed by atoms with E-state index < -0.39 is 0 Å². The number of rotatable bonds is 6. The standard InChI is InChI=1S/C22H24N2O2S/c1-16-10-12-17(13-11-16)26-15-5-9-21(25)24-14-4-7-19(24)22-23-18-6-2-3-8-20(18)27-22/h2-3,6,8,10-13,19H,4-5,7,9,14-15H2,1H3/t19-/m0/s1. The van der Waals surface area contributed by atoms with Gasteiger partial charge >= 0.3 is 0 Å². The summed E-state index contributed by atoms with van der Waals surface area (Å²) >= 11 is 1.71. The number of hydrogen-bond acceptors (Lipinski definition) is 4. The topological polar surface area (TPSA) is 42.4 Å². The number of hydrogen-bond donors (Lipinski definition) is 0. The highest BCUT2D eigenvalue weighted by molar-refractivity contribution is 7.18. The van der Waals surface area contributed by atoms with Crippen LogP contribution in [0.2, 0.25) is 0 Å². The molecule has 0 aliphatic carbocycles. The molecule has 2 aromatic carbocycles. The molecule has 0 saturated carbocycles. The Hall–Kier alpha value is -2.40. The SMILES string of the molecule is Cc1ccc(OCCCC(=O)N2CCC[C@H]2c2nc3ccccc3s2)cc1. The Morgan fingerprint density at radius 3 is 2.85 bits per heavy atom. The van der Waals surface area contributed by atoms with E-state index in [9.17, 15) is 4.79 Å². The lowest BCUT2D eigenvalue weighted by Crippen LogP contribution is -2.30. The molecule has 0 N–H and O–H groups in total. The van der Waals surface area contributed by atoms with Crippen molar-refractivity contribution in [3.8, 4) is 5.75 Å². The van der Waals surface area contributed by atoms with Gasteiger partial charge in [-0.1, -0.05) is 29.8 Å². The average molecular weight is 381 g/mol. The Labute approximate surface area is 163 Å². The van der Waals surface area contributed by atoms with Gasteiger partial charge in [-0.15, -0.1) is 11.3 Å². The summed E-state index contributed by atoms with van der Waals surface area (Å²) in [6.45, 7) is 3.45. The lowest BCUT2D eigenvalue weighted by Gasteiger charge is -2.23. The van der Waals surface area contributed by atoms with Gasteiger partial charge in [-0.2, -0.15) is 0 Å². The van der Waals surface area contributed by atoms with Crippen LogP contribution in [0.5, 0.6) is 5.75 Å². The highest BCUT2D eigenvalue weighted by Crippen LogP contribution is 2.36. The number of ether oxygens (including phenoxy) is 1. The monoisotopic (exact) mass is 380 g/mol. The van der Waals surface area contributed by atoms with Crippen molar-refractivity contribution in [3.05, 3.63) is 59.1 Å². The maximum absolute atomic E-state index is 12.7. The summed E-state index contributed by atoms with van der Waals surface area (Å²) in [6.07, 6.45) is 3.31. The molecule has 5 heteroatoms. The molecule has 1 aromatic heterocycles. The number of aromatic nitrogens is 1. The summed E-state index contributed by atoms with van der Waals surface area (Å²) in [6, 6.07) is 16.3. The molecular formula is C22H24N2O2S. The molecule has 1 fully saturated rings. The van der Waals surface area contributed by atoms with Gasteiger partial charge < -0.3 is 9.64 Å². The second-order valence-electron chi connectivity index (χ2n) is 7.03. The second-order valence-corrected chi connectivity index (χ2v) is 8.09. The summed E-state index contributed by atoms with van der Waals surface area (Å²) < 4.78 is 6.94. The van der Waals surface area contributed by atoms with E-state index in [-0.39, 0.29) is 11.9 Å². The number of fused-ring (bicyclic) bond motifs is 1. The minimum Gasteiger partial charge on any atom is -0.494 e. The number of aryl methyl sites for hydroxylation is 1. The van der Waals surface area contributed by atoms with E-state index in [1.54, 1.807) is 11.3 Å². The van der Waals surface area contributed by atoms with E-state index in [2.05, 4.69) is 13.0 Å². The highest BCUT2D eigenvalue weighted by atomic mass is 32.1. The Balaban J connectivity index is 1.32. The number of thiazole rings is 1. The summed E-state index contributed by atoms with van der Waals surface area (Å²) in [5.74, 6) is 1.07. The van der Waals surface area contributed by atoms with Gasteiger partial charge in [0, 0.05) is 13.0 Å². The lowest BCUT2D eigenvalue weighted by atomic mass is 10.2. The minimum absolute atomic E-state index is 0.132. The first-order valence-corrected chi connectivity index (χ1v) is 10.4. The number of likely N-dealkylation sites (tertiary alicyclic amines) is 1. The predicted molar refractivity (Wildman–Crippen MR) is 109 cm³/mol.